The number of aromatic nitrogens is 1. The lowest BCUT2D eigenvalue weighted by Crippen LogP contribution is -2.31. The third kappa shape index (κ3) is 4.47. The fourth-order valence-corrected chi connectivity index (χ4v) is 4.57. The molecule has 0 bridgehead atoms. The van der Waals surface area contributed by atoms with E-state index >= 15 is 0 Å². The fourth-order valence-electron chi connectivity index (χ4n) is 3.48. The van der Waals surface area contributed by atoms with Crippen LogP contribution in [0.25, 0.3) is 0 Å². The van der Waals surface area contributed by atoms with Gasteiger partial charge in [-0.15, -0.1) is 0 Å². The van der Waals surface area contributed by atoms with E-state index in [1.165, 1.54) is 0 Å². The van der Waals surface area contributed by atoms with Crippen LogP contribution in [0.2, 0.25) is 0 Å². The number of benzene rings is 1. The normalized spacial score (nSPS) is 21.7. The SMILES string of the molecule is O=C(NCC1CC(=O)N(c2ccccc2)C1)c1ccc(OC2CCSC2)nc1. The van der Waals surface area contributed by atoms with Gasteiger partial charge >= 0.3 is 0 Å². The lowest BCUT2D eigenvalue weighted by molar-refractivity contribution is -0.117. The molecule has 28 heavy (non-hydrogen) atoms. The molecule has 1 aromatic heterocycles. The number of rotatable bonds is 6. The van der Waals surface area contributed by atoms with Crippen LogP contribution in [0.15, 0.2) is 48.7 Å². The van der Waals surface area contributed by atoms with Gasteiger partial charge in [0, 0.05) is 49.1 Å². The zero-order valence-corrected chi connectivity index (χ0v) is 16.4. The number of carbonyl (C=O) groups excluding carboxylic acids is 2. The fraction of sp³-hybridized carbons (Fsp3) is 0.381. The Balaban J connectivity index is 1.28. The molecule has 0 radical (unpaired) electrons. The third-order valence-electron chi connectivity index (χ3n) is 5.00. The predicted octanol–water partition coefficient (Wildman–Crippen LogP) is 2.75. The topological polar surface area (TPSA) is 71.5 Å². The lowest BCUT2D eigenvalue weighted by Gasteiger charge is -2.17. The Hall–Kier alpha value is -2.54. The van der Waals surface area contributed by atoms with Crippen molar-refractivity contribution in [2.24, 2.45) is 5.92 Å². The van der Waals surface area contributed by atoms with Crippen molar-refractivity contribution >= 4 is 29.3 Å². The van der Waals surface area contributed by atoms with Gasteiger partial charge in [-0.25, -0.2) is 4.98 Å². The van der Waals surface area contributed by atoms with Crippen LogP contribution in [0, 0.1) is 5.92 Å². The summed E-state index contributed by atoms with van der Waals surface area (Å²) in [6.45, 7) is 1.08. The summed E-state index contributed by atoms with van der Waals surface area (Å²) < 4.78 is 5.81. The number of carbonyl (C=O) groups is 2. The average molecular weight is 398 g/mol. The maximum Gasteiger partial charge on any atom is 0.252 e. The van der Waals surface area contributed by atoms with Gasteiger partial charge in [0.2, 0.25) is 11.8 Å². The van der Waals surface area contributed by atoms with E-state index in [1.54, 1.807) is 23.2 Å². The molecule has 2 atom stereocenters. The summed E-state index contributed by atoms with van der Waals surface area (Å²) in [5.74, 6) is 2.69. The number of nitrogens with one attached hydrogen (secondary N) is 1. The molecule has 1 aromatic carbocycles. The Morgan fingerprint density at radius 1 is 1.25 bits per heavy atom. The number of hydrogen-bond donors (Lipinski definition) is 1. The smallest absolute Gasteiger partial charge is 0.252 e. The van der Waals surface area contributed by atoms with Crippen LogP contribution in [0.1, 0.15) is 23.2 Å². The Bertz CT molecular complexity index is 823. The first-order valence-electron chi connectivity index (χ1n) is 9.53. The Morgan fingerprint density at radius 3 is 2.82 bits per heavy atom. The molecule has 4 rings (SSSR count). The lowest BCUT2D eigenvalue weighted by atomic mass is 10.1. The average Bonchev–Trinajstić information content (AvgIpc) is 3.37. The van der Waals surface area contributed by atoms with Gasteiger partial charge in [0.05, 0.1) is 5.56 Å². The molecule has 1 N–H and O–H groups in total. The molecule has 146 valence electrons. The highest BCUT2D eigenvalue weighted by atomic mass is 32.2. The second-order valence-corrected chi connectivity index (χ2v) is 8.26. The molecule has 0 spiro atoms. The third-order valence-corrected chi connectivity index (χ3v) is 6.13. The van der Waals surface area contributed by atoms with Crippen LogP contribution in [0.5, 0.6) is 5.88 Å². The molecular weight excluding hydrogens is 374 g/mol. The quantitative estimate of drug-likeness (QED) is 0.812. The standard InChI is InChI=1S/C21H23N3O3S/c25-20-10-15(13-24(20)17-4-2-1-3-5-17)11-23-21(26)16-6-7-19(22-12-16)27-18-8-9-28-14-18/h1-7,12,15,18H,8-11,13-14H2,(H,23,26). The van der Waals surface area contributed by atoms with Crippen LogP contribution in [-0.4, -0.2) is 47.5 Å². The van der Waals surface area contributed by atoms with Crippen LogP contribution in [0.4, 0.5) is 5.69 Å². The Kier molecular flexibility index (Phi) is 5.81. The van der Waals surface area contributed by atoms with Crippen LogP contribution in [0.3, 0.4) is 0 Å². The molecule has 6 nitrogen and oxygen atoms in total. The molecule has 2 unspecified atom stereocenters. The van der Waals surface area contributed by atoms with Crippen molar-refractivity contribution in [2.75, 3.05) is 29.5 Å². The number of amides is 2. The van der Waals surface area contributed by atoms with Gasteiger partial charge in [0.25, 0.3) is 5.91 Å². The molecule has 2 saturated heterocycles. The van der Waals surface area contributed by atoms with Gasteiger partial charge in [-0.05, 0) is 30.4 Å². The summed E-state index contributed by atoms with van der Waals surface area (Å²) in [7, 11) is 0. The first-order chi connectivity index (χ1) is 13.7. The minimum absolute atomic E-state index is 0.0960. The molecule has 2 amide bonds. The van der Waals surface area contributed by atoms with Crippen molar-refractivity contribution in [3.05, 3.63) is 54.2 Å². The highest BCUT2D eigenvalue weighted by Crippen LogP contribution is 2.24. The predicted molar refractivity (Wildman–Crippen MR) is 110 cm³/mol. The number of pyridine rings is 1. The molecular formula is C21H23N3O3S. The number of anilines is 1. The monoisotopic (exact) mass is 397 g/mol. The van der Waals surface area contributed by atoms with Gasteiger partial charge in [-0.3, -0.25) is 9.59 Å². The van der Waals surface area contributed by atoms with E-state index < -0.39 is 0 Å². The summed E-state index contributed by atoms with van der Waals surface area (Å²) in [6.07, 6.45) is 3.24. The summed E-state index contributed by atoms with van der Waals surface area (Å²) in [6, 6.07) is 13.1. The number of nitrogens with zero attached hydrogens (tertiary/aromatic N) is 2. The van der Waals surface area contributed by atoms with Crippen molar-refractivity contribution in [3.8, 4) is 5.88 Å². The number of hydrogen-bond acceptors (Lipinski definition) is 5. The van der Waals surface area contributed by atoms with Crippen LogP contribution < -0.4 is 15.0 Å². The summed E-state index contributed by atoms with van der Waals surface area (Å²) in [4.78, 5) is 30.7. The van der Waals surface area contributed by atoms with Crippen molar-refractivity contribution in [1.29, 1.82) is 0 Å². The number of ether oxygens (including phenoxy) is 1. The van der Waals surface area contributed by atoms with Crippen molar-refractivity contribution in [2.45, 2.75) is 18.9 Å². The molecule has 3 heterocycles. The van der Waals surface area contributed by atoms with Gasteiger partial charge < -0.3 is 15.0 Å². The molecule has 2 aliphatic rings. The van der Waals surface area contributed by atoms with Crippen molar-refractivity contribution in [1.82, 2.24) is 10.3 Å². The Morgan fingerprint density at radius 2 is 2.11 bits per heavy atom. The van der Waals surface area contributed by atoms with E-state index in [0.717, 1.165) is 23.6 Å². The maximum absolute atomic E-state index is 12.4. The maximum atomic E-state index is 12.4. The molecule has 0 saturated carbocycles. The zero-order valence-electron chi connectivity index (χ0n) is 15.5. The summed E-state index contributed by atoms with van der Waals surface area (Å²) in [5.41, 5.74) is 1.40. The minimum atomic E-state index is -0.180. The first-order valence-corrected chi connectivity index (χ1v) is 10.7. The molecule has 7 heteroatoms. The van der Waals surface area contributed by atoms with E-state index in [1.807, 2.05) is 42.1 Å². The summed E-state index contributed by atoms with van der Waals surface area (Å²) in [5, 5.41) is 2.92. The van der Waals surface area contributed by atoms with Gasteiger partial charge in [0.15, 0.2) is 0 Å². The van der Waals surface area contributed by atoms with Crippen LogP contribution >= 0.6 is 11.8 Å². The second-order valence-electron chi connectivity index (χ2n) is 7.11. The first kappa shape index (κ1) is 18.8. The van der Waals surface area contributed by atoms with Gasteiger partial charge in [0.1, 0.15) is 6.10 Å². The highest BCUT2D eigenvalue weighted by molar-refractivity contribution is 7.99. The largest absolute Gasteiger partial charge is 0.473 e. The highest BCUT2D eigenvalue weighted by Gasteiger charge is 2.30. The molecule has 2 aromatic rings. The van der Waals surface area contributed by atoms with E-state index in [-0.39, 0.29) is 23.8 Å². The number of para-hydroxylation sites is 1. The van der Waals surface area contributed by atoms with E-state index in [0.29, 0.717) is 31.0 Å². The van der Waals surface area contributed by atoms with Gasteiger partial charge in [-0.2, -0.15) is 11.8 Å². The Labute approximate surface area is 168 Å². The minimum Gasteiger partial charge on any atom is -0.473 e. The van der Waals surface area contributed by atoms with Crippen LogP contribution in [-0.2, 0) is 4.79 Å². The van der Waals surface area contributed by atoms with Crippen molar-refractivity contribution < 1.29 is 14.3 Å². The number of thioether (sulfide) groups is 1. The van der Waals surface area contributed by atoms with E-state index in [4.69, 9.17) is 4.74 Å². The molecule has 2 fully saturated rings. The summed E-state index contributed by atoms with van der Waals surface area (Å²) >= 11 is 1.88. The second kappa shape index (κ2) is 8.65. The zero-order chi connectivity index (χ0) is 19.3. The molecule has 2 aliphatic heterocycles. The van der Waals surface area contributed by atoms with Gasteiger partial charge in [-0.1, -0.05) is 18.2 Å². The van der Waals surface area contributed by atoms with Crippen molar-refractivity contribution in [3.63, 3.8) is 0 Å². The molecule has 0 aliphatic carbocycles. The van der Waals surface area contributed by atoms with E-state index in [2.05, 4.69) is 10.3 Å². The van der Waals surface area contributed by atoms with E-state index in [9.17, 15) is 9.59 Å².